The minimum atomic E-state index is -2.79. The molecule has 18 heavy (non-hydrogen) atoms. The van der Waals surface area contributed by atoms with Crippen molar-refractivity contribution in [1.82, 2.24) is 0 Å². The van der Waals surface area contributed by atoms with Gasteiger partial charge in [-0.1, -0.05) is 60.7 Å². The predicted molar refractivity (Wildman–Crippen MR) is 82.6 cm³/mol. The third-order valence-corrected chi connectivity index (χ3v) is 6.58. The van der Waals surface area contributed by atoms with E-state index >= 15 is 0 Å². The summed E-state index contributed by atoms with van der Waals surface area (Å²) in [6, 6.07) is 17.4. The van der Waals surface area contributed by atoms with E-state index in [-0.39, 0.29) is 5.54 Å². The quantitative estimate of drug-likeness (QED) is 0.537. The largest absolute Gasteiger partial charge is 0.348 e. The Hall–Kier alpha value is -0.473. The van der Waals surface area contributed by atoms with E-state index in [0.717, 1.165) is 12.0 Å². The van der Waals surface area contributed by atoms with E-state index in [1.807, 2.05) is 48.5 Å². The van der Waals surface area contributed by atoms with Crippen LogP contribution in [0.15, 0.2) is 60.7 Å². The molecule has 0 aliphatic heterocycles. The number of benzene rings is 2. The summed E-state index contributed by atoms with van der Waals surface area (Å²) in [4.78, 5) is 0. The number of halogens is 3. The zero-order chi connectivity index (χ0) is 13.0. The molecule has 1 unspecified atom stereocenters. The third kappa shape index (κ3) is 3.76. The molecular formula is C14H13Cl3Si. The molecule has 0 radical (unpaired) electrons. The topological polar surface area (TPSA) is 0 Å². The fraction of sp³-hybridized carbons (Fsp3) is 0.143. The van der Waals surface area contributed by atoms with Gasteiger partial charge in [-0.05, 0) is 17.5 Å². The fourth-order valence-corrected chi connectivity index (χ4v) is 4.82. The second kappa shape index (κ2) is 6.11. The molecule has 0 fully saturated rings. The molecule has 0 aliphatic rings. The SMILES string of the molecule is Cl[Si](Cl)(Cl)C(Cc1ccccc1)c1ccccc1. The van der Waals surface area contributed by atoms with Gasteiger partial charge in [0.25, 0.3) is 0 Å². The van der Waals surface area contributed by atoms with Gasteiger partial charge in [-0.25, -0.2) is 0 Å². The summed E-state index contributed by atoms with van der Waals surface area (Å²) in [5.74, 6) is 0. The van der Waals surface area contributed by atoms with Crippen LogP contribution in [0.5, 0.6) is 0 Å². The van der Waals surface area contributed by atoms with Crippen LogP contribution in [0, 0.1) is 0 Å². The first-order valence-corrected chi connectivity index (χ1v) is 10.8. The maximum absolute atomic E-state index is 6.25. The first kappa shape index (κ1) is 13.9. The molecule has 0 aliphatic carbocycles. The van der Waals surface area contributed by atoms with E-state index < -0.39 is 6.00 Å². The van der Waals surface area contributed by atoms with Crippen LogP contribution in [-0.4, -0.2) is 6.00 Å². The van der Waals surface area contributed by atoms with E-state index in [2.05, 4.69) is 12.1 Å². The summed E-state index contributed by atoms with van der Waals surface area (Å²) in [5.41, 5.74) is 2.30. The van der Waals surface area contributed by atoms with Crippen LogP contribution in [0.2, 0.25) is 0 Å². The molecule has 0 saturated heterocycles. The number of rotatable bonds is 4. The molecule has 2 aromatic carbocycles. The standard InChI is InChI=1S/C14H13Cl3Si/c15-18(16,17)14(13-9-5-2-6-10-13)11-12-7-3-1-4-8-12/h1-10,14H,11H2. The van der Waals surface area contributed by atoms with Crippen molar-refractivity contribution in [2.24, 2.45) is 0 Å². The summed E-state index contributed by atoms with van der Waals surface area (Å²) in [5, 5.41) is 0. The van der Waals surface area contributed by atoms with Gasteiger partial charge in [0.1, 0.15) is 0 Å². The Morgan fingerprint density at radius 2 is 1.28 bits per heavy atom. The lowest BCUT2D eigenvalue weighted by Gasteiger charge is -2.22. The van der Waals surface area contributed by atoms with Crippen molar-refractivity contribution in [2.45, 2.75) is 12.0 Å². The third-order valence-electron chi connectivity index (χ3n) is 2.88. The van der Waals surface area contributed by atoms with Gasteiger partial charge in [-0.15, -0.1) is 33.2 Å². The predicted octanol–water partition coefficient (Wildman–Crippen LogP) is 5.21. The van der Waals surface area contributed by atoms with Gasteiger partial charge >= 0.3 is 6.00 Å². The van der Waals surface area contributed by atoms with E-state index in [4.69, 9.17) is 33.2 Å². The number of hydrogen-bond donors (Lipinski definition) is 0. The van der Waals surface area contributed by atoms with Gasteiger partial charge in [0, 0.05) is 5.54 Å². The van der Waals surface area contributed by atoms with Crippen LogP contribution < -0.4 is 0 Å². The summed E-state index contributed by atoms with van der Waals surface area (Å²) in [7, 11) is 0. The van der Waals surface area contributed by atoms with Gasteiger partial charge in [0.2, 0.25) is 0 Å². The highest BCUT2D eigenvalue weighted by Gasteiger charge is 2.37. The van der Waals surface area contributed by atoms with Crippen molar-refractivity contribution in [3.8, 4) is 0 Å². The Labute approximate surface area is 123 Å². The molecule has 94 valence electrons. The molecule has 0 bridgehead atoms. The van der Waals surface area contributed by atoms with Crippen LogP contribution in [-0.2, 0) is 6.42 Å². The van der Waals surface area contributed by atoms with E-state index in [9.17, 15) is 0 Å². The molecule has 0 spiro atoms. The molecule has 0 N–H and O–H groups in total. The molecule has 0 amide bonds. The highest BCUT2D eigenvalue weighted by Crippen LogP contribution is 2.38. The summed E-state index contributed by atoms with van der Waals surface area (Å²) in [6.45, 7) is 0. The average molecular weight is 316 g/mol. The minimum Gasteiger partial charge on any atom is -0.125 e. The van der Waals surface area contributed by atoms with Gasteiger partial charge in [0.05, 0.1) is 0 Å². The lowest BCUT2D eigenvalue weighted by Crippen LogP contribution is -2.25. The van der Waals surface area contributed by atoms with E-state index in [1.54, 1.807) is 0 Å². The average Bonchev–Trinajstić information content (AvgIpc) is 2.37. The Morgan fingerprint density at radius 1 is 0.778 bits per heavy atom. The molecule has 0 nitrogen and oxygen atoms in total. The lowest BCUT2D eigenvalue weighted by molar-refractivity contribution is 0.907. The molecule has 0 saturated carbocycles. The summed E-state index contributed by atoms with van der Waals surface area (Å²) < 4.78 is 0. The molecule has 1 atom stereocenters. The molecule has 2 rings (SSSR count). The maximum Gasteiger partial charge on any atom is 0.348 e. The number of hydrogen-bond acceptors (Lipinski definition) is 0. The van der Waals surface area contributed by atoms with E-state index in [1.165, 1.54) is 5.56 Å². The van der Waals surface area contributed by atoms with Gasteiger partial charge < -0.3 is 0 Å². The van der Waals surface area contributed by atoms with Crippen molar-refractivity contribution < 1.29 is 0 Å². The van der Waals surface area contributed by atoms with Gasteiger partial charge in [0.15, 0.2) is 0 Å². The fourth-order valence-electron chi connectivity index (χ4n) is 1.96. The van der Waals surface area contributed by atoms with Crippen molar-refractivity contribution in [2.75, 3.05) is 0 Å². The lowest BCUT2D eigenvalue weighted by atomic mass is 10.0. The normalized spacial score (nSPS) is 13.3. The van der Waals surface area contributed by atoms with Crippen molar-refractivity contribution in [3.63, 3.8) is 0 Å². The first-order chi connectivity index (χ1) is 8.57. The Kier molecular flexibility index (Phi) is 4.74. The van der Waals surface area contributed by atoms with Crippen molar-refractivity contribution in [3.05, 3.63) is 71.8 Å². The van der Waals surface area contributed by atoms with Crippen LogP contribution in [0.3, 0.4) is 0 Å². The van der Waals surface area contributed by atoms with Crippen LogP contribution in [0.4, 0.5) is 0 Å². The highest BCUT2D eigenvalue weighted by atomic mass is 35.8. The van der Waals surface area contributed by atoms with Crippen molar-refractivity contribution in [1.29, 1.82) is 0 Å². The van der Waals surface area contributed by atoms with Crippen LogP contribution >= 0.6 is 33.2 Å². The summed E-state index contributed by atoms with van der Waals surface area (Å²) in [6.07, 6.45) is 0.771. The Morgan fingerprint density at radius 3 is 1.78 bits per heavy atom. The Bertz CT molecular complexity index is 479. The van der Waals surface area contributed by atoms with E-state index in [0.29, 0.717) is 0 Å². The second-order valence-electron chi connectivity index (χ2n) is 4.19. The maximum atomic E-state index is 6.25. The van der Waals surface area contributed by atoms with Gasteiger partial charge in [-0.2, -0.15) is 0 Å². The molecule has 0 aromatic heterocycles. The second-order valence-corrected chi connectivity index (χ2v) is 13.1. The minimum absolute atomic E-state index is 0.00824. The highest BCUT2D eigenvalue weighted by molar-refractivity contribution is 7.65. The monoisotopic (exact) mass is 314 g/mol. The first-order valence-electron chi connectivity index (χ1n) is 5.73. The van der Waals surface area contributed by atoms with Crippen LogP contribution in [0.25, 0.3) is 0 Å². The smallest absolute Gasteiger partial charge is 0.125 e. The molecular weight excluding hydrogens is 303 g/mol. The Balaban J connectivity index is 2.28. The molecule has 4 heteroatoms. The van der Waals surface area contributed by atoms with Crippen LogP contribution in [0.1, 0.15) is 16.7 Å². The molecule has 2 aromatic rings. The zero-order valence-corrected chi connectivity index (χ0v) is 13.0. The van der Waals surface area contributed by atoms with Crippen molar-refractivity contribution >= 4 is 39.2 Å². The molecule has 0 heterocycles. The summed E-state index contributed by atoms with van der Waals surface area (Å²) >= 11 is 18.8. The zero-order valence-electron chi connectivity index (χ0n) is 9.69. The van der Waals surface area contributed by atoms with Gasteiger partial charge in [-0.3, -0.25) is 0 Å².